The standard InChI is InChI=1S/C21H28N4O5S/c26-7-4-25(21(31)22-2-1-3-24-5-8-28-9-6-24)13-16-10-15-11-18-19(30-14-29-18)12-17(15)23-20(16)27/h10-12,26H,1-9,13-14H2,(H,22,31)(H,23,27). The van der Waals surface area contributed by atoms with E-state index in [2.05, 4.69) is 15.2 Å². The minimum atomic E-state index is -0.190. The molecule has 0 radical (unpaired) electrons. The van der Waals surface area contributed by atoms with Crippen molar-refractivity contribution in [2.24, 2.45) is 0 Å². The van der Waals surface area contributed by atoms with Crippen LogP contribution >= 0.6 is 12.2 Å². The third-order valence-corrected chi connectivity index (χ3v) is 5.87. The number of nitrogens with zero attached hydrogens (tertiary/aromatic N) is 2. The first-order valence-electron chi connectivity index (χ1n) is 10.5. The first-order chi connectivity index (χ1) is 15.1. The van der Waals surface area contributed by atoms with Crippen LogP contribution < -0.4 is 20.3 Å². The van der Waals surface area contributed by atoms with E-state index in [1.807, 2.05) is 17.0 Å². The number of hydrogen-bond acceptors (Lipinski definition) is 7. The molecule has 0 unspecified atom stereocenters. The molecule has 0 saturated carbocycles. The number of H-pyrrole nitrogens is 1. The zero-order valence-corrected chi connectivity index (χ0v) is 18.2. The third kappa shape index (κ3) is 5.45. The molecule has 1 aromatic heterocycles. The van der Waals surface area contributed by atoms with Crippen LogP contribution in [-0.4, -0.2) is 84.3 Å². The second-order valence-corrected chi connectivity index (χ2v) is 7.99. The number of ether oxygens (including phenoxy) is 3. The maximum atomic E-state index is 12.6. The van der Waals surface area contributed by atoms with Gasteiger partial charge in [-0.25, -0.2) is 0 Å². The fraction of sp³-hybridized carbons (Fsp3) is 0.524. The topological polar surface area (TPSA) is 99.3 Å². The first kappa shape index (κ1) is 21.8. The van der Waals surface area contributed by atoms with E-state index < -0.39 is 0 Å². The van der Waals surface area contributed by atoms with Crippen molar-refractivity contribution in [3.05, 3.63) is 34.1 Å². The van der Waals surface area contributed by atoms with Gasteiger partial charge in [0.1, 0.15) is 0 Å². The Morgan fingerprint density at radius 3 is 2.77 bits per heavy atom. The lowest BCUT2D eigenvalue weighted by molar-refractivity contribution is 0.0376. The molecular formula is C21H28N4O5S. The van der Waals surface area contributed by atoms with Gasteiger partial charge >= 0.3 is 0 Å². The summed E-state index contributed by atoms with van der Waals surface area (Å²) in [4.78, 5) is 19.7. The Kier molecular flexibility index (Phi) is 7.23. The Bertz CT molecular complexity index is 976. The van der Waals surface area contributed by atoms with Crippen LogP contribution in [0.15, 0.2) is 23.0 Å². The summed E-state index contributed by atoms with van der Waals surface area (Å²) in [6, 6.07) is 5.46. The van der Waals surface area contributed by atoms with Gasteiger partial charge in [0.15, 0.2) is 16.6 Å². The number of aromatic nitrogens is 1. The van der Waals surface area contributed by atoms with Gasteiger partial charge in [-0.1, -0.05) is 0 Å². The first-order valence-corrected chi connectivity index (χ1v) is 10.9. The van der Waals surface area contributed by atoms with Crippen molar-refractivity contribution >= 4 is 28.2 Å². The number of benzene rings is 1. The molecule has 1 saturated heterocycles. The summed E-state index contributed by atoms with van der Waals surface area (Å²) in [6.45, 7) is 5.99. The van der Waals surface area contributed by atoms with Crippen LogP contribution in [0.3, 0.4) is 0 Å². The maximum absolute atomic E-state index is 12.6. The molecule has 0 spiro atoms. The molecule has 3 heterocycles. The van der Waals surface area contributed by atoms with Crippen molar-refractivity contribution in [1.82, 2.24) is 20.1 Å². The number of fused-ring (bicyclic) bond motifs is 2. The molecule has 9 nitrogen and oxygen atoms in total. The number of pyridine rings is 1. The van der Waals surface area contributed by atoms with Crippen molar-refractivity contribution in [2.45, 2.75) is 13.0 Å². The van der Waals surface area contributed by atoms with E-state index >= 15 is 0 Å². The van der Waals surface area contributed by atoms with Gasteiger partial charge in [0.05, 0.1) is 31.9 Å². The average molecular weight is 449 g/mol. The summed E-state index contributed by atoms with van der Waals surface area (Å²) in [5, 5.41) is 14.1. The number of thiocarbonyl (C=S) groups is 1. The van der Waals surface area contributed by atoms with E-state index in [1.165, 1.54) is 0 Å². The summed E-state index contributed by atoms with van der Waals surface area (Å²) >= 11 is 5.54. The molecule has 2 aromatic rings. The molecule has 0 atom stereocenters. The number of hydrogen-bond donors (Lipinski definition) is 3. The fourth-order valence-corrected chi connectivity index (χ4v) is 4.03. The van der Waals surface area contributed by atoms with Gasteiger partial charge < -0.3 is 34.5 Å². The highest BCUT2D eigenvalue weighted by Crippen LogP contribution is 2.35. The monoisotopic (exact) mass is 448 g/mol. The van der Waals surface area contributed by atoms with E-state index in [-0.39, 0.29) is 19.0 Å². The largest absolute Gasteiger partial charge is 0.454 e. The predicted molar refractivity (Wildman–Crippen MR) is 121 cm³/mol. The van der Waals surface area contributed by atoms with Crippen LogP contribution in [0.5, 0.6) is 11.5 Å². The Labute approximate surface area is 185 Å². The minimum Gasteiger partial charge on any atom is -0.454 e. The molecule has 2 aliphatic rings. The van der Waals surface area contributed by atoms with Crippen molar-refractivity contribution in [2.75, 3.05) is 59.3 Å². The molecule has 168 valence electrons. The van der Waals surface area contributed by atoms with Crippen LogP contribution in [0.4, 0.5) is 0 Å². The van der Waals surface area contributed by atoms with Gasteiger partial charge in [-0.3, -0.25) is 9.69 Å². The molecule has 0 amide bonds. The van der Waals surface area contributed by atoms with Crippen molar-refractivity contribution in [1.29, 1.82) is 0 Å². The van der Waals surface area contributed by atoms with Crippen LogP contribution in [0.25, 0.3) is 10.9 Å². The zero-order valence-electron chi connectivity index (χ0n) is 17.4. The van der Waals surface area contributed by atoms with Crippen LogP contribution in [-0.2, 0) is 11.3 Å². The van der Waals surface area contributed by atoms with Gasteiger partial charge in [0, 0.05) is 43.2 Å². The molecule has 0 bridgehead atoms. The highest BCUT2D eigenvalue weighted by atomic mass is 32.1. The number of rotatable bonds is 8. The lowest BCUT2D eigenvalue weighted by Crippen LogP contribution is -2.43. The van der Waals surface area contributed by atoms with Crippen LogP contribution in [0.2, 0.25) is 0 Å². The SMILES string of the molecule is O=c1[nH]c2cc3c(cc2cc1CN(CCO)C(=S)NCCCN1CCOCC1)OCO3. The quantitative estimate of drug-likeness (QED) is 0.397. The lowest BCUT2D eigenvalue weighted by Gasteiger charge is -2.27. The van der Waals surface area contributed by atoms with Gasteiger partial charge in [0.2, 0.25) is 6.79 Å². The molecular weight excluding hydrogens is 420 g/mol. The lowest BCUT2D eigenvalue weighted by atomic mass is 10.1. The van der Waals surface area contributed by atoms with Crippen LogP contribution in [0.1, 0.15) is 12.0 Å². The van der Waals surface area contributed by atoms with Crippen molar-refractivity contribution < 1.29 is 19.3 Å². The number of aliphatic hydroxyl groups excluding tert-OH is 1. The Morgan fingerprint density at radius 2 is 2.00 bits per heavy atom. The van der Waals surface area contributed by atoms with E-state index in [1.54, 1.807) is 6.07 Å². The average Bonchev–Trinajstić information content (AvgIpc) is 3.23. The molecule has 10 heteroatoms. The highest BCUT2D eigenvalue weighted by Gasteiger charge is 2.17. The smallest absolute Gasteiger partial charge is 0.253 e. The molecule has 3 N–H and O–H groups in total. The maximum Gasteiger partial charge on any atom is 0.253 e. The fourth-order valence-electron chi connectivity index (χ4n) is 3.77. The Morgan fingerprint density at radius 1 is 1.23 bits per heavy atom. The van der Waals surface area contributed by atoms with E-state index in [9.17, 15) is 9.90 Å². The van der Waals surface area contributed by atoms with Crippen LogP contribution in [0, 0.1) is 0 Å². The summed E-state index contributed by atoms with van der Waals surface area (Å²) < 4.78 is 16.2. The Balaban J connectivity index is 1.38. The Hall–Kier alpha value is -2.40. The predicted octanol–water partition coefficient (Wildman–Crippen LogP) is 0.648. The molecule has 0 aliphatic carbocycles. The number of aliphatic hydroxyl groups is 1. The molecule has 1 aromatic carbocycles. The van der Waals surface area contributed by atoms with Gasteiger partial charge in [-0.2, -0.15) is 0 Å². The summed E-state index contributed by atoms with van der Waals surface area (Å²) in [7, 11) is 0. The number of aromatic amines is 1. The second-order valence-electron chi connectivity index (χ2n) is 7.60. The molecule has 2 aliphatic heterocycles. The summed E-state index contributed by atoms with van der Waals surface area (Å²) in [5.74, 6) is 1.29. The van der Waals surface area contributed by atoms with E-state index in [0.29, 0.717) is 40.8 Å². The zero-order chi connectivity index (χ0) is 21.6. The van der Waals surface area contributed by atoms with Crippen molar-refractivity contribution in [3.63, 3.8) is 0 Å². The molecule has 1 fully saturated rings. The van der Waals surface area contributed by atoms with Crippen molar-refractivity contribution in [3.8, 4) is 11.5 Å². The van der Waals surface area contributed by atoms with E-state index in [4.69, 9.17) is 26.4 Å². The second kappa shape index (κ2) is 10.3. The normalized spacial score (nSPS) is 15.9. The molecule has 4 rings (SSSR count). The van der Waals surface area contributed by atoms with Gasteiger partial charge in [0.25, 0.3) is 5.56 Å². The summed E-state index contributed by atoms with van der Waals surface area (Å²) in [5.41, 5.74) is 1.07. The number of nitrogens with one attached hydrogen (secondary N) is 2. The molecule has 31 heavy (non-hydrogen) atoms. The highest BCUT2D eigenvalue weighted by molar-refractivity contribution is 7.80. The minimum absolute atomic E-state index is 0.0558. The van der Waals surface area contributed by atoms with Gasteiger partial charge in [-0.05, 0) is 37.3 Å². The van der Waals surface area contributed by atoms with Gasteiger partial charge in [-0.15, -0.1) is 0 Å². The third-order valence-electron chi connectivity index (χ3n) is 5.46. The van der Waals surface area contributed by atoms with E-state index in [0.717, 1.165) is 51.2 Å². The summed E-state index contributed by atoms with van der Waals surface area (Å²) in [6.07, 6.45) is 0.955. The number of morpholine rings is 1.